The van der Waals surface area contributed by atoms with E-state index < -0.39 is 0 Å². The van der Waals surface area contributed by atoms with Crippen molar-refractivity contribution in [2.45, 2.75) is 0 Å². The van der Waals surface area contributed by atoms with E-state index >= 15 is 0 Å². The zero-order valence-corrected chi connectivity index (χ0v) is 14.8. The number of anilines is 2. The quantitative estimate of drug-likeness (QED) is 0.720. The Kier molecular flexibility index (Phi) is 6.15. The van der Waals surface area contributed by atoms with Gasteiger partial charge < -0.3 is 10.6 Å². The third-order valence-corrected chi connectivity index (χ3v) is 3.95. The maximum atomic E-state index is 11.8. The van der Waals surface area contributed by atoms with Gasteiger partial charge in [0.25, 0.3) is 0 Å². The van der Waals surface area contributed by atoms with E-state index in [1.54, 1.807) is 24.3 Å². The molecule has 0 fully saturated rings. The van der Waals surface area contributed by atoms with Gasteiger partial charge in [-0.25, -0.2) is 0 Å². The topological polar surface area (TPSA) is 58.2 Å². The zero-order valence-electron chi connectivity index (χ0n) is 11.6. The number of hydrogen-bond donors (Lipinski definition) is 2. The number of halogens is 2. The molecule has 0 radical (unpaired) electrons. The SMILES string of the molecule is O=c1ccc(Br)ccc1NCCNc1ccc(Br)ccc1=O. The van der Waals surface area contributed by atoms with Crippen molar-refractivity contribution in [3.8, 4) is 0 Å². The van der Waals surface area contributed by atoms with Crippen LogP contribution in [0.1, 0.15) is 0 Å². The molecule has 4 nitrogen and oxygen atoms in total. The second-order valence-corrected chi connectivity index (χ2v) is 6.34. The number of rotatable bonds is 5. The Hall–Kier alpha value is -1.66. The lowest BCUT2D eigenvalue weighted by Gasteiger charge is -2.06. The van der Waals surface area contributed by atoms with Gasteiger partial charge in [0, 0.05) is 22.0 Å². The molecule has 0 aromatic heterocycles. The van der Waals surface area contributed by atoms with Gasteiger partial charge >= 0.3 is 0 Å². The molecule has 0 aliphatic heterocycles. The van der Waals surface area contributed by atoms with Gasteiger partial charge in [-0.05, 0) is 48.5 Å². The fraction of sp³-hybridized carbons (Fsp3) is 0.125. The summed E-state index contributed by atoms with van der Waals surface area (Å²) in [5, 5.41) is 6.12. The molecule has 0 saturated heterocycles. The third-order valence-electron chi connectivity index (χ3n) is 2.89. The minimum Gasteiger partial charge on any atom is -0.380 e. The molecular formula is C16H14Br2N2O2. The van der Waals surface area contributed by atoms with Crippen LogP contribution < -0.4 is 21.5 Å². The number of nitrogens with one attached hydrogen (secondary N) is 2. The molecule has 0 saturated carbocycles. The van der Waals surface area contributed by atoms with Gasteiger partial charge in [0.1, 0.15) is 0 Å². The van der Waals surface area contributed by atoms with Gasteiger partial charge in [-0.1, -0.05) is 31.9 Å². The van der Waals surface area contributed by atoms with Crippen molar-refractivity contribution in [3.05, 3.63) is 77.9 Å². The fourth-order valence-corrected chi connectivity index (χ4v) is 2.31. The molecule has 0 amide bonds. The average Bonchev–Trinajstić information content (AvgIpc) is 2.76. The summed E-state index contributed by atoms with van der Waals surface area (Å²) in [7, 11) is 0. The van der Waals surface area contributed by atoms with Crippen LogP contribution in [0.2, 0.25) is 0 Å². The molecule has 6 heteroatoms. The predicted octanol–water partition coefficient (Wildman–Crippen LogP) is 3.46. The molecule has 0 aliphatic carbocycles. The van der Waals surface area contributed by atoms with Crippen LogP contribution in [-0.2, 0) is 0 Å². The van der Waals surface area contributed by atoms with E-state index in [4.69, 9.17) is 0 Å². The first-order chi connectivity index (χ1) is 10.6. The van der Waals surface area contributed by atoms with Crippen molar-refractivity contribution in [1.82, 2.24) is 0 Å². The van der Waals surface area contributed by atoms with Gasteiger partial charge in [-0.3, -0.25) is 9.59 Å². The Bertz CT molecular complexity index is 715. The van der Waals surface area contributed by atoms with Crippen molar-refractivity contribution < 1.29 is 0 Å². The van der Waals surface area contributed by atoms with Crippen LogP contribution in [0.25, 0.3) is 0 Å². The van der Waals surface area contributed by atoms with Crippen LogP contribution in [0.4, 0.5) is 11.4 Å². The summed E-state index contributed by atoms with van der Waals surface area (Å²) >= 11 is 6.65. The van der Waals surface area contributed by atoms with Crippen molar-refractivity contribution in [2.24, 2.45) is 0 Å². The second-order valence-electron chi connectivity index (χ2n) is 4.51. The van der Waals surface area contributed by atoms with Crippen LogP contribution in [0.5, 0.6) is 0 Å². The van der Waals surface area contributed by atoms with E-state index in [9.17, 15) is 9.59 Å². The highest BCUT2D eigenvalue weighted by molar-refractivity contribution is 9.10. The molecule has 2 aromatic rings. The molecule has 0 heterocycles. The van der Waals surface area contributed by atoms with E-state index in [1.165, 1.54) is 12.1 Å². The largest absolute Gasteiger partial charge is 0.380 e. The third kappa shape index (κ3) is 4.96. The Morgan fingerprint density at radius 3 is 1.41 bits per heavy atom. The summed E-state index contributed by atoms with van der Waals surface area (Å²) in [5.74, 6) is 0. The molecule has 2 N–H and O–H groups in total. The van der Waals surface area contributed by atoms with Crippen LogP contribution in [0, 0.1) is 0 Å². The van der Waals surface area contributed by atoms with Gasteiger partial charge in [-0.15, -0.1) is 0 Å². The Morgan fingerprint density at radius 2 is 1.00 bits per heavy atom. The van der Waals surface area contributed by atoms with Gasteiger partial charge in [0.2, 0.25) is 10.9 Å². The first kappa shape index (κ1) is 16.7. The first-order valence-electron chi connectivity index (χ1n) is 6.64. The summed E-state index contributed by atoms with van der Waals surface area (Å²) in [6, 6.07) is 13.5. The van der Waals surface area contributed by atoms with Gasteiger partial charge in [0.05, 0.1) is 11.4 Å². The van der Waals surface area contributed by atoms with Crippen molar-refractivity contribution in [2.75, 3.05) is 23.7 Å². The second kappa shape index (κ2) is 8.10. The van der Waals surface area contributed by atoms with Crippen molar-refractivity contribution in [3.63, 3.8) is 0 Å². The van der Waals surface area contributed by atoms with E-state index in [0.717, 1.165) is 8.95 Å². The lowest BCUT2D eigenvalue weighted by molar-refractivity contribution is 1.07. The molecule has 0 spiro atoms. The van der Waals surface area contributed by atoms with Crippen molar-refractivity contribution in [1.29, 1.82) is 0 Å². The fourth-order valence-electron chi connectivity index (χ4n) is 1.78. The highest BCUT2D eigenvalue weighted by Gasteiger charge is 1.98. The Morgan fingerprint density at radius 1 is 0.636 bits per heavy atom. The van der Waals surface area contributed by atoms with E-state index in [2.05, 4.69) is 42.5 Å². The minimum absolute atomic E-state index is 0.0785. The summed E-state index contributed by atoms with van der Waals surface area (Å²) in [5.41, 5.74) is 0.892. The van der Waals surface area contributed by atoms with Crippen LogP contribution in [0.3, 0.4) is 0 Å². The molecule has 0 bridgehead atoms. The maximum Gasteiger partial charge on any atom is 0.201 e. The van der Waals surface area contributed by atoms with E-state index in [1.807, 2.05) is 12.1 Å². The normalized spacial score (nSPS) is 10.1. The maximum absolute atomic E-state index is 11.8. The highest BCUT2D eigenvalue weighted by Crippen LogP contribution is 2.09. The summed E-state index contributed by atoms with van der Waals surface area (Å²) < 4.78 is 1.68. The number of hydrogen-bond acceptors (Lipinski definition) is 4. The van der Waals surface area contributed by atoms with Crippen LogP contribution >= 0.6 is 31.9 Å². The molecule has 2 rings (SSSR count). The molecular weight excluding hydrogens is 412 g/mol. The van der Waals surface area contributed by atoms with Crippen LogP contribution in [0.15, 0.2) is 67.1 Å². The molecule has 0 atom stereocenters. The first-order valence-corrected chi connectivity index (χ1v) is 8.22. The monoisotopic (exact) mass is 424 g/mol. The molecule has 0 aliphatic rings. The molecule has 22 heavy (non-hydrogen) atoms. The lowest BCUT2D eigenvalue weighted by atomic mass is 10.4. The van der Waals surface area contributed by atoms with Gasteiger partial charge in [0.15, 0.2) is 0 Å². The molecule has 2 aromatic carbocycles. The highest BCUT2D eigenvalue weighted by atomic mass is 79.9. The minimum atomic E-state index is -0.0785. The van der Waals surface area contributed by atoms with Crippen molar-refractivity contribution >= 4 is 43.2 Å². The standard InChI is InChI=1S/C16H14Br2N2O2/c17-11-1-5-13(15(21)7-3-11)19-9-10-20-14-6-2-12(18)4-8-16(14)22/h1-8H,9-10H2,(H,19,21)(H,20,22). The van der Waals surface area contributed by atoms with Crippen LogP contribution in [-0.4, -0.2) is 13.1 Å². The summed E-state index contributed by atoms with van der Waals surface area (Å²) in [6.07, 6.45) is 0. The molecule has 0 unspecified atom stereocenters. The molecule has 114 valence electrons. The smallest absolute Gasteiger partial charge is 0.201 e. The van der Waals surface area contributed by atoms with Gasteiger partial charge in [-0.2, -0.15) is 0 Å². The lowest BCUT2D eigenvalue weighted by Crippen LogP contribution is -2.19. The summed E-state index contributed by atoms with van der Waals surface area (Å²) in [6.45, 7) is 1.05. The van der Waals surface area contributed by atoms with E-state index in [0.29, 0.717) is 24.5 Å². The Balaban J connectivity index is 1.96. The average molecular weight is 426 g/mol. The van der Waals surface area contributed by atoms with E-state index in [-0.39, 0.29) is 10.9 Å². The predicted molar refractivity (Wildman–Crippen MR) is 97.8 cm³/mol. The zero-order chi connectivity index (χ0) is 15.9. The summed E-state index contributed by atoms with van der Waals surface area (Å²) in [4.78, 5) is 23.6. The Labute approximate surface area is 144 Å².